The molecule has 1 N–H and O–H groups in total. The Morgan fingerprint density at radius 1 is 1.19 bits per heavy atom. The van der Waals surface area contributed by atoms with E-state index >= 15 is 0 Å². The van der Waals surface area contributed by atoms with Crippen LogP contribution in [0.15, 0.2) is 46.8 Å². The molecule has 0 saturated carbocycles. The zero-order valence-electron chi connectivity index (χ0n) is 16.1. The molecule has 2 aromatic rings. The highest BCUT2D eigenvalue weighted by Crippen LogP contribution is 2.22. The molecule has 1 aromatic heterocycles. The van der Waals surface area contributed by atoms with E-state index in [-0.39, 0.29) is 24.0 Å². The van der Waals surface area contributed by atoms with Crippen LogP contribution in [0.4, 0.5) is 5.00 Å². The van der Waals surface area contributed by atoms with E-state index in [0.717, 1.165) is 50.9 Å². The molecule has 1 fully saturated rings. The number of nitrogens with one attached hydrogen (secondary N) is 1. The van der Waals surface area contributed by atoms with Crippen molar-refractivity contribution in [2.75, 3.05) is 51.3 Å². The van der Waals surface area contributed by atoms with Gasteiger partial charge < -0.3 is 19.9 Å². The first-order valence-corrected chi connectivity index (χ1v) is 10.1. The lowest BCUT2D eigenvalue weighted by atomic mass is 10.1. The van der Waals surface area contributed by atoms with Gasteiger partial charge in [-0.15, -0.1) is 35.3 Å². The second-order valence-corrected chi connectivity index (χ2v) is 7.16. The first kappa shape index (κ1) is 21.8. The molecule has 0 aliphatic carbocycles. The smallest absolute Gasteiger partial charge is 0.193 e. The summed E-state index contributed by atoms with van der Waals surface area (Å²) in [5.74, 6) is 1.94. The van der Waals surface area contributed by atoms with Gasteiger partial charge in [-0.3, -0.25) is 4.99 Å². The van der Waals surface area contributed by atoms with Crippen LogP contribution in [0, 0.1) is 0 Å². The van der Waals surface area contributed by atoms with E-state index in [4.69, 9.17) is 4.74 Å². The minimum absolute atomic E-state index is 0. The molecule has 1 aromatic carbocycles. The van der Waals surface area contributed by atoms with Crippen LogP contribution in [0.25, 0.3) is 0 Å². The van der Waals surface area contributed by atoms with Crippen LogP contribution >= 0.6 is 35.3 Å². The Balaban J connectivity index is 0.00000261. The molecule has 0 unspecified atom stereocenters. The molecule has 1 saturated heterocycles. The van der Waals surface area contributed by atoms with Crippen molar-refractivity contribution >= 4 is 46.3 Å². The number of benzene rings is 1. The fraction of sp³-hybridized carbons (Fsp3) is 0.450. The molecule has 27 heavy (non-hydrogen) atoms. The average Bonchev–Trinajstić information content (AvgIpc) is 3.21. The van der Waals surface area contributed by atoms with Crippen LogP contribution in [0.2, 0.25) is 0 Å². The van der Waals surface area contributed by atoms with Gasteiger partial charge in [-0.05, 0) is 48.6 Å². The molecular formula is C20H29IN4OS. The summed E-state index contributed by atoms with van der Waals surface area (Å²) < 4.78 is 5.57. The number of anilines is 1. The number of hydrogen-bond acceptors (Lipinski definition) is 4. The Morgan fingerprint density at radius 2 is 2.00 bits per heavy atom. The molecule has 1 aliphatic heterocycles. The summed E-state index contributed by atoms with van der Waals surface area (Å²) in [5.41, 5.74) is 1.28. The van der Waals surface area contributed by atoms with Gasteiger partial charge in [-0.2, -0.15) is 0 Å². The Kier molecular flexibility index (Phi) is 9.20. The summed E-state index contributed by atoms with van der Waals surface area (Å²) in [6.45, 7) is 7.65. The van der Waals surface area contributed by atoms with E-state index in [1.165, 1.54) is 10.6 Å². The molecule has 7 heteroatoms. The Labute approximate surface area is 183 Å². The predicted octanol–water partition coefficient (Wildman–Crippen LogP) is 3.70. The van der Waals surface area contributed by atoms with Crippen LogP contribution in [0.1, 0.15) is 12.5 Å². The first-order chi connectivity index (χ1) is 12.8. The number of nitrogens with zero attached hydrogens (tertiary/aromatic N) is 3. The van der Waals surface area contributed by atoms with Crippen molar-refractivity contribution < 1.29 is 4.74 Å². The maximum absolute atomic E-state index is 5.57. The first-order valence-electron chi connectivity index (χ1n) is 9.26. The van der Waals surface area contributed by atoms with Crippen molar-refractivity contribution in [2.45, 2.75) is 13.3 Å². The molecular weight excluding hydrogens is 471 g/mol. The van der Waals surface area contributed by atoms with Gasteiger partial charge in [0.25, 0.3) is 0 Å². The molecule has 0 amide bonds. The lowest BCUT2D eigenvalue weighted by molar-refractivity contribution is 0.340. The van der Waals surface area contributed by atoms with Crippen LogP contribution in [0.5, 0.6) is 5.75 Å². The van der Waals surface area contributed by atoms with Crippen molar-refractivity contribution in [1.29, 1.82) is 0 Å². The number of aliphatic imine (C=N–C) groups is 1. The molecule has 0 bridgehead atoms. The summed E-state index contributed by atoms with van der Waals surface area (Å²) in [6.07, 6.45) is 0.953. The molecule has 0 atom stereocenters. The third kappa shape index (κ3) is 6.27. The molecule has 3 rings (SSSR count). The van der Waals surface area contributed by atoms with Crippen LogP contribution < -0.4 is 15.0 Å². The van der Waals surface area contributed by atoms with E-state index in [2.05, 4.69) is 55.8 Å². The second kappa shape index (κ2) is 11.4. The number of thiophene rings is 1. The molecule has 2 heterocycles. The zero-order chi connectivity index (χ0) is 18.2. The summed E-state index contributed by atoms with van der Waals surface area (Å²) >= 11 is 1.81. The fourth-order valence-electron chi connectivity index (χ4n) is 3.20. The summed E-state index contributed by atoms with van der Waals surface area (Å²) in [4.78, 5) is 9.27. The molecule has 1 aliphatic rings. The van der Waals surface area contributed by atoms with E-state index in [0.29, 0.717) is 6.61 Å². The average molecular weight is 500 g/mol. The molecule has 148 valence electrons. The third-order valence-electron chi connectivity index (χ3n) is 4.52. The third-order valence-corrected chi connectivity index (χ3v) is 5.44. The topological polar surface area (TPSA) is 40.1 Å². The van der Waals surface area contributed by atoms with Gasteiger partial charge >= 0.3 is 0 Å². The Hall–Kier alpha value is -1.48. The van der Waals surface area contributed by atoms with Gasteiger partial charge in [-0.25, -0.2) is 0 Å². The molecule has 0 radical (unpaired) electrons. The van der Waals surface area contributed by atoms with Gasteiger partial charge in [-0.1, -0.05) is 12.1 Å². The second-order valence-electron chi connectivity index (χ2n) is 6.23. The summed E-state index contributed by atoms with van der Waals surface area (Å²) in [5, 5.41) is 7.01. The number of rotatable bonds is 6. The largest absolute Gasteiger partial charge is 0.494 e. The van der Waals surface area contributed by atoms with E-state index < -0.39 is 0 Å². The minimum atomic E-state index is 0. The SMILES string of the molecule is CCOc1cccc(CCNC(=NC)N2CCN(c3cccs3)CC2)c1.I. The zero-order valence-corrected chi connectivity index (χ0v) is 19.2. The van der Waals surface area contributed by atoms with Crippen LogP contribution in [-0.4, -0.2) is 57.2 Å². The number of guanidine groups is 1. The molecule has 0 spiro atoms. The van der Waals surface area contributed by atoms with Gasteiger partial charge in [0, 0.05) is 39.8 Å². The monoisotopic (exact) mass is 500 g/mol. The van der Waals surface area contributed by atoms with Gasteiger partial charge in [0.2, 0.25) is 0 Å². The lowest BCUT2D eigenvalue weighted by Gasteiger charge is -2.37. The van der Waals surface area contributed by atoms with Crippen LogP contribution in [-0.2, 0) is 6.42 Å². The molecule has 5 nitrogen and oxygen atoms in total. The highest BCUT2D eigenvalue weighted by Gasteiger charge is 2.20. The predicted molar refractivity (Wildman–Crippen MR) is 126 cm³/mol. The summed E-state index contributed by atoms with van der Waals surface area (Å²) in [7, 11) is 1.86. The standard InChI is InChI=1S/C20H28N4OS.HI/c1-3-25-18-7-4-6-17(16-18)9-10-22-20(21-2)24-13-11-23(12-14-24)19-8-5-15-26-19;/h4-8,15-16H,3,9-14H2,1-2H3,(H,21,22);1H. The normalized spacial score (nSPS) is 14.7. The number of halogens is 1. The minimum Gasteiger partial charge on any atom is -0.494 e. The fourth-order valence-corrected chi connectivity index (χ4v) is 3.98. The van der Waals surface area contributed by atoms with Crippen molar-refractivity contribution in [1.82, 2.24) is 10.2 Å². The summed E-state index contributed by atoms with van der Waals surface area (Å²) in [6, 6.07) is 12.6. The number of ether oxygens (including phenoxy) is 1. The number of hydrogen-bond donors (Lipinski definition) is 1. The van der Waals surface area contributed by atoms with Crippen molar-refractivity contribution in [3.63, 3.8) is 0 Å². The van der Waals surface area contributed by atoms with Crippen molar-refractivity contribution in [2.24, 2.45) is 4.99 Å². The van der Waals surface area contributed by atoms with Crippen molar-refractivity contribution in [3.8, 4) is 5.75 Å². The van der Waals surface area contributed by atoms with Crippen molar-refractivity contribution in [3.05, 3.63) is 47.3 Å². The van der Waals surface area contributed by atoms with Gasteiger partial charge in [0.05, 0.1) is 11.6 Å². The van der Waals surface area contributed by atoms with E-state index in [1.807, 2.05) is 31.4 Å². The maximum atomic E-state index is 5.57. The highest BCUT2D eigenvalue weighted by atomic mass is 127. The van der Waals surface area contributed by atoms with Gasteiger partial charge in [0.1, 0.15) is 5.75 Å². The van der Waals surface area contributed by atoms with E-state index in [1.54, 1.807) is 0 Å². The quantitative estimate of drug-likeness (QED) is 0.373. The highest BCUT2D eigenvalue weighted by molar-refractivity contribution is 14.0. The maximum Gasteiger partial charge on any atom is 0.193 e. The van der Waals surface area contributed by atoms with Gasteiger partial charge in [0.15, 0.2) is 5.96 Å². The van der Waals surface area contributed by atoms with Crippen LogP contribution in [0.3, 0.4) is 0 Å². The Morgan fingerprint density at radius 3 is 2.67 bits per heavy atom. The van der Waals surface area contributed by atoms with E-state index in [9.17, 15) is 0 Å². The lowest BCUT2D eigenvalue weighted by Crippen LogP contribution is -2.52. The Bertz CT molecular complexity index is 700. The number of piperazine rings is 1.